The predicted molar refractivity (Wildman–Crippen MR) is 66.9 cm³/mol. The number of sulfonamides is 1. The first kappa shape index (κ1) is 15.8. The van der Waals surface area contributed by atoms with Crippen LogP contribution in [0.3, 0.4) is 0 Å². The molecule has 2 N–H and O–H groups in total. The summed E-state index contributed by atoms with van der Waals surface area (Å²) >= 11 is 0. The Morgan fingerprint density at radius 3 is 2.32 bits per heavy atom. The Labute approximate surface area is 110 Å². The lowest BCUT2D eigenvalue weighted by Crippen LogP contribution is -2.35. The van der Waals surface area contributed by atoms with Crippen LogP contribution >= 0.6 is 0 Å². The van der Waals surface area contributed by atoms with Crippen LogP contribution in [0.1, 0.15) is 13.8 Å². The standard InChI is InChI=1S/C11H15F3N2O2S/c1-3-15-6-7(2)19(17,18)16-11-5-9(13)8(12)4-10(11)14/h4-5,7,15-16H,3,6H2,1-2H3. The van der Waals surface area contributed by atoms with E-state index in [1.54, 1.807) is 0 Å². The third kappa shape index (κ3) is 4.10. The molecule has 0 aliphatic carbocycles. The molecule has 0 bridgehead atoms. The zero-order valence-electron chi connectivity index (χ0n) is 10.5. The average Bonchev–Trinajstić information content (AvgIpc) is 2.32. The monoisotopic (exact) mass is 296 g/mol. The molecule has 1 rings (SSSR count). The van der Waals surface area contributed by atoms with Crippen LogP contribution in [0.15, 0.2) is 12.1 Å². The van der Waals surface area contributed by atoms with Gasteiger partial charge in [0.15, 0.2) is 11.6 Å². The van der Waals surface area contributed by atoms with Crippen molar-refractivity contribution in [1.82, 2.24) is 5.32 Å². The van der Waals surface area contributed by atoms with Gasteiger partial charge in [-0.05, 0) is 13.5 Å². The Morgan fingerprint density at radius 2 is 1.74 bits per heavy atom. The lowest BCUT2D eigenvalue weighted by Gasteiger charge is -2.15. The van der Waals surface area contributed by atoms with E-state index in [2.05, 4.69) is 5.32 Å². The van der Waals surface area contributed by atoms with Gasteiger partial charge in [0.25, 0.3) is 0 Å². The summed E-state index contributed by atoms with van der Waals surface area (Å²) in [6.07, 6.45) is 0. The molecule has 108 valence electrons. The highest BCUT2D eigenvalue weighted by Crippen LogP contribution is 2.20. The zero-order valence-corrected chi connectivity index (χ0v) is 11.3. The molecule has 0 spiro atoms. The van der Waals surface area contributed by atoms with Crippen LogP contribution in [-0.4, -0.2) is 26.8 Å². The van der Waals surface area contributed by atoms with Gasteiger partial charge in [0, 0.05) is 18.7 Å². The third-order valence-corrected chi connectivity index (χ3v) is 4.20. The maximum Gasteiger partial charge on any atom is 0.236 e. The van der Waals surface area contributed by atoms with E-state index >= 15 is 0 Å². The number of hydrogen-bond acceptors (Lipinski definition) is 3. The van der Waals surface area contributed by atoms with E-state index in [4.69, 9.17) is 0 Å². The molecule has 0 heterocycles. The fourth-order valence-corrected chi connectivity index (χ4v) is 2.31. The first-order chi connectivity index (χ1) is 8.77. The molecule has 0 aliphatic rings. The smallest absolute Gasteiger partial charge is 0.236 e. The van der Waals surface area contributed by atoms with Crippen molar-refractivity contribution in [1.29, 1.82) is 0 Å². The SMILES string of the molecule is CCNCC(C)S(=O)(=O)Nc1cc(F)c(F)cc1F. The maximum absolute atomic E-state index is 13.3. The summed E-state index contributed by atoms with van der Waals surface area (Å²) in [7, 11) is -3.88. The molecule has 8 heteroatoms. The number of nitrogens with one attached hydrogen (secondary N) is 2. The van der Waals surface area contributed by atoms with Crippen LogP contribution in [0.25, 0.3) is 0 Å². The molecule has 0 saturated heterocycles. The Morgan fingerprint density at radius 1 is 1.16 bits per heavy atom. The van der Waals surface area contributed by atoms with Gasteiger partial charge in [0.05, 0.1) is 10.9 Å². The van der Waals surface area contributed by atoms with Crippen molar-refractivity contribution in [3.05, 3.63) is 29.6 Å². The zero-order chi connectivity index (χ0) is 14.6. The van der Waals surface area contributed by atoms with Crippen molar-refractivity contribution in [2.45, 2.75) is 19.1 Å². The first-order valence-corrected chi connectivity index (χ1v) is 7.19. The molecule has 4 nitrogen and oxygen atoms in total. The summed E-state index contributed by atoms with van der Waals surface area (Å²) in [6.45, 7) is 3.97. The van der Waals surface area contributed by atoms with Crippen LogP contribution < -0.4 is 10.0 Å². The Hall–Kier alpha value is -1.28. The van der Waals surface area contributed by atoms with E-state index in [1.807, 2.05) is 11.6 Å². The molecule has 1 atom stereocenters. The van der Waals surface area contributed by atoms with E-state index in [0.29, 0.717) is 18.7 Å². The van der Waals surface area contributed by atoms with Crippen LogP contribution in [0.2, 0.25) is 0 Å². The van der Waals surface area contributed by atoms with Crippen molar-refractivity contribution < 1.29 is 21.6 Å². The highest BCUT2D eigenvalue weighted by Gasteiger charge is 2.22. The van der Waals surface area contributed by atoms with Crippen LogP contribution in [0, 0.1) is 17.5 Å². The second-order valence-corrected chi connectivity index (χ2v) is 6.11. The van der Waals surface area contributed by atoms with E-state index in [9.17, 15) is 21.6 Å². The average molecular weight is 296 g/mol. The molecule has 0 aliphatic heterocycles. The number of rotatable bonds is 6. The highest BCUT2D eigenvalue weighted by atomic mass is 32.2. The fourth-order valence-electron chi connectivity index (χ4n) is 1.31. The molecule has 0 aromatic heterocycles. The van der Waals surface area contributed by atoms with Gasteiger partial charge in [-0.3, -0.25) is 4.72 Å². The molecule has 0 saturated carbocycles. The molecule has 0 radical (unpaired) electrons. The molecule has 1 aromatic rings. The van der Waals surface area contributed by atoms with Crippen molar-refractivity contribution in [3.63, 3.8) is 0 Å². The second kappa shape index (κ2) is 6.25. The van der Waals surface area contributed by atoms with Gasteiger partial charge in [-0.25, -0.2) is 21.6 Å². The first-order valence-electron chi connectivity index (χ1n) is 5.64. The minimum Gasteiger partial charge on any atom is -0.316 e. The fraction of sp³-hybridized carbons (Fsp3) is 0.455. The Bertz CT molecular complexity index is 549. The van der Waals surface area contributed by atoms with Crippen molar-refractivity contribution in [3.8, 4) is 0 Å². The summed E-state index contributed by atoms with van der Waals surface area (Å²) < 4.78 is 64.5. The topological polar surface area (TPSA) is 58.2 Å². The molecule has 0 amide bonds. The predicted octanol–water partition coefficient (Wildman–Crippen LogP) is 1.84. The summed E-state index contributed by atoms with van der Waals surface area (Å²) in [4.78, 5) is 0. The van der Waals surface area contributed by atoms with E-state index in [-0.39, 0.29) is 6.54 Å². The van der Waals surface area contributed by atoms with Crippen molar-refractivity contribution in [2.75, 3.05) is 17.8 Å². The summed E-state index contributed by atoms with van der Waals surface area (Å²) in [5, 5.41) is 1.98. The van der Waals surface area contributed by atoms with Crippen LogP contribution in [0.4, 0.5) is 18.9 Å². The maximum atomic E-state index is 13.3. The molecule has 19 heavy (non-hydrogen) atoms. The number of halogens is 3. The summed E-state index contributed by atoms with van der Waals surface area (Å²) in [5.41, 5.74) is -0.609. The van der Waals surface area contributed by atoms with Gasteiger partial charge in [0.1, 0.15) is 5.82 Å². The largest absolute Gasteiger partial charge is 0.316 e. The lowest BCUT2D eigenvalue weighted by atomic mass is 10.3. The minimum atomic E-state index is -3.88. The lowest BCUT2D eigenvalue weighted by molar-refractivity contribution is 0.496. The van der Waals surface area contributed by atoms with Gasteiger partial charge < -0.3 is 5.32 Å². The van der Waals surface area contributed by atoms with Gasteiger partial charge in [-0.1, -0.05) is 6.92 Å². The molecule has 1 aromatic carbocycles. The quantitative estimate of drug-likeness (QED) is 0.788. The number of benzene rings is 1. The van der Waals surface area contributed by atoms with Crippen molar-refractivity contribution in [2.24, 2.45) is 0 Å². The number of anilines is 1. The molecule has 1 unspecified atom stereocenters. The third-order valence-electron chi connectivity index (χ3n) is 2.47. The molecular formula is C11H15F3N2O2S. The minimum absolute atomic E-state index is 0.164. The van der Waals surface area contributed by atoms with E-state index in [1.165, 1.54) is 6.92 Å². The van der Waals surface area contributed by atoms with Crippen molar-refractivity contribution >= 4 is 15.7 Å². The van der Waals surface area contributed by atoms with Gasteiger partial charge >= 0.3 is 0 Å². The van der Waals surface area contributed by atoms with Gasteiger partial charge in [-0.15, -0.1) is 0 Å². The normalized spacial score (nSPS) is 13.3. The van der Waals surface area contributed by atoms with Crippen LogP contribution in [-0.2, 0) is 10.0 Å². The summed E-state index contributed by atoms with van der Waals surface area (Å²) in [6, 6.07) is 0.768. The van der Waals surface area contributed by atoms with E-state index < -0.39 is 38.4 Å². The van der Waals surface area contributed by atoms with Gasteiger partial charge in [0.2, 0.25) is 10.0 Å². The van der Waals surface area contributed by atoms with E-state index in [0.717, 1.165) is 0 Å². The molecule has 0 fully saturated rings. The number of hydrogen-bond donors (Lipinski definition) is 2. The summed E-state index contributed by atoms with van der Waals surface area (Å²) in [5.74, 6) is -3.86. The highest BCUT2D eigenvalue weighted by molar-refractivity contribution is 7.93. The second-order valence-electron chi connectivity index (χ2n) is 4.01. The Balaban J connectivity index is 2.92. The van der Waals surface area contributed by atoms with Crippen LogP contribution in [0.5, 0.6) is 0 Å². The molecular weight excluding hydrogens is 281 g/mol. The van der Waals surface area contributed by atoms with Gasteiger partial charge in [-0.2, -0.15) is 0 Å². The Kier molecular flexibility index (Phi) is 5.19.